The van der Waals surface area contributed by atoms with Gasteiger partial charge in [-0.25, -0.2) is 0 Å². The number of thiophene rings is 1. The molecular weight excluding hydrogens is 296 g/mol. The maximum atomic E-state index is 12.5. The lowest BCUT2D eigenvalue weighted by Gasteiger charge is -2.35. The lowest BCUT2D eigenvalue weighted by atomic mass is 9.94. The molecule has 1 fully saturated rings. The molecular formula is C17H28N2O2S. The van der Waals surface area contributed by atoms with E-state index in [0.29, 0.717) is 25.7 Å². The molecule has 1 aromatic heterocycles. The first-order valence-corrected chi connectivity index (χ1v) is 9.12. The fourth-order valence-corrected chi connectivity index (χ4v) is 3.90. The molecule has 124 valence electrons. The molecule has 0 radical (unpaired) electrons. The third-order valence-corrected chi connectivity index (χ3v) is 5.19. The van der Waals surface area contributed by atoms with Crippen molar-refractivity contribution in [2.75, 3.05) is 20.1 Å². The van der Waals surface area contributed by atoms with Gasteiger partial charge in [-0.1, -0.05) is 25.3 Å². The van der Waals surface area contributed by atoms with Crippen molar-refractivity contribution in [1.82, 2.24) is 9.80 Å². The predicted octanol–water partition coefficient (Wildman–Crippen LogP) is 2.72. The molecule has 1 N–H and O–H groups in total. The van der Waals surface area contributed by atoms with E-state index in [1.807, 2.05) is 18.5 Å². The Morgan fingerprint density at radius 2 is 2.14 bits per heavy atom. The van der Waals surface area contributed by atoms with Crippen LogP contribution >= 0.6 is 11.3 Å². The maximum Gasteiger partial charge on any atom is 0.236 e. The second-order valence-corrected chi connectivity index (χ2v) is 7.43. The lowest BCUT2D eigenvalue weighted by molar-refractivity contribution is -0.132. The summed E-state index contributed by atoms with van der Waals surface area (Å²) in [5.41, 5.74) is 0. The summed E-state index contributed by atoms with van der Waals surface area (Å²) in [7, 11) is 1.86. The molecule has 1 aliphatic rings. The van der Waals surface area contributed by atoms with E-state index >= 15 is 0 Å². The zero-order valence-electron chi connectivity index (χ0n) is 13.7. The zero-order valence-corrected chi connectivity index (χ0v) is 14.5. The Hall–Kier alpha value is -0.910. The van der Waals surface area contributed by atoms with E-state index in [4.69, 9.17) is 0 Å². The van der Waals surface area contributed by atoms with Crippen molar-refractivity contribution in [3.05, 3.63) is 22.4 Å². The van der Waals surface area contributed by atoms with E-state index < -0.39 is 6.10 Å². The fourth-order valence-electron chi connectivity index (χ4n) is 3.15. The van der Waals surface area contributed by atoms with Gasteiger partial charge in [0.2, 0.25) is 5.91 Å². The molecule has 1 unspecified atom stereocenters. The van der Waals surface area contributed by atoms with Gasteiger partial charge in [0, 0.05) is 24.5 Å². The summed E-state index contributed by atoms with van der Waals surface area (Å²) in [4.78, 5) is 17.7. The first-order chi connectivity index (χ1) is 10.6. The fraction of sp³-hybridized carbons (Fsp3) is 0.706. The molecule has 1 aliphatic carbocycles. The molecule has 1 atom stereocenters. The summed E-state index contributed by atoms with van der Waals surface area (Å²) in [6.07, 6.45) is 5.67. The van der Waals surface area contributed by atoms with Crippen LogP contribution in [0.3, 0.4) is 0 Å². The first kappa shape index (κ1) is 17.4. The van der Waals surface area contributed by atoms with Crippen molar-refractivity contribution < 1.29 is 9.90 Å². The molecule has 0 bridgehead atoms. The van der Waals surface area contributed by atoms with Crippen molar-refractivity contribution in [1.29, 1.82) is 0 Å². The quantitative estimate of drug-likeness (QED) is 0.839. The van der Waals surface area contributed by atoms with Crippen LogP contribution in [0, 0.1) is 0 Å². The van der Waals surface area contributed by atoms with E-state index in [0.717, 1.165) is 12.8 Å². The van der Waals surface area contributed by atoms with E-state index in [9.17, 15) is 9.90 Å². The van der Waals surface area contributed by atoms with Gasteiger partial charge < -0.3 is 10.0 Å². The van der Waals surface area contributed by atoms with Gasteiger partial charge in [0.15, 0.2) is 0 Å². The molecule has 0 spiro atoms. The van der Waals surface area contributed by atoms with Gasteiger partial charge in [-0.15, -0.1) is 11.3 Å². The normalized spacial score (nSPS) is 17.6. The molecule has 1 heterocycles. The molecule has 1 aromatic rings. The Labute approximate surface area is 137 Å². The summed E-state index contributed by atoms with van der Waals surface area (Å²) in [6.45, 7) is 3.47. The third-order valence-electron chi connectivity index (χ3n) is 4.33. The smallest absolute Gasteiger partial charge is 0.236 e. The number of likely N-dealkylation sites (N-methyl/N-ethyl adjacent to an activating group) is 1. The number of nitrogens with zero attached hydrogens (tertiary/aromatic N) is 2. The minimum atomic E-state index is -0.391. The van der Waals surface area contributed by atoms with Gasteiger partial charge >= 0.3 is 0 Å². The minimum absolute atomic E-state index is 0.139. The minimum Gasteiger partial charge on any atom is -0.392 e. The van der Waals surface area contributed by atoms with Crippen LogP contribution in [0.2, 0.25) is 0 Å². The van der Waals surface area contributed by atoms with Crippen LogP contribution in [0.15, 0.2) is 17.5 Å². The van der Waals surface area contributed by atoms with Crippen molar-refractivity contribution in [2.24, 2.45) is 0 Å². The van der Waals surface area contributed by atoms with E-state index in [1.165, 1.54) is 24.1 Å². The second-order valence-electron chi connectivity index (χ2n) is 6.40. The van der Waals surface area contributed by atoms with Crippen LogP contribution < -0.4 is 0 Å². The average Bonchev–Trinajstić information content (AvgIpc) is 3.00. The lowest BCUT2D eigenvalue weighted by Crippen LogP contribution is -2.46. The molecule has 22 heavy (non-hydrogen) atoms. The Morgan fingerprint density at radius 1 is 1.41 bits per heavy atom. The SMILES string of the molecule is CC(O)CN(CC(=O)N(C)Cc1cccs1)C1CCCCC1. The van der Waals surface area contributed by atoms with Gasteiger partial charge in [0.25, 0.3) is 0 Å². The number of rotatable bonds is 7. The van der Waals surface area contributed by atoms with Gasteiger partial charge in [-0.2, -0.15) is 0 Å². The molecule has 4 nitrogen and oxygen atoms in total. The van der Waals surface area contributed by atoms with E-state index in [-0.39, 0.29) is 5.91 Å². The van der Waals surface area contributed by atoms with E-state index in [1.54, 1.807) is 23.2 Å². The molecule has 0 aromatic carbocycles. The van der Waals surface area contributed by atoms with Crippen LogP contribution in [0.4, 0.5) is 0 Å². The number of aliphatic hydroxyl groups excluding tert-OH is 1. The first-order valence-electron chi connectivity index (χ1n) is 8.24. The highest BCUT2D eigenvalue weighted by atomic mass is 32.1. The van der Waals surface area contributed by atoms with Crippen molar-refractivity contribution in [3.8, 4) is 0 Å². The van der Waals surface area contributed by atoms with Crippen LogP contribution in [0.5, 0.6) is 0 Å². The predicted molar refractivity (Wildman–Crippen MR) is 90.9 cm³/mol. The second kappa shape index (κ2) is 8.65. The van der Waals surface area contributed by atoms with Crippen molar-refractivity contribution in [3.63, 3.8) is 0 Å². The molecule has 5 heteroatoms. The van der Waals surface area contributed by atoms with Gasteiger partial charge in [-0.05, 0) is 31.2 Å². The highest BCUT2D eigenvalue weighted by molar-refractivity contribution is 7.09. The van der Waals surface area contributed by atoms with Gasteiger partial charge in [0.1, 0.15) is 0 Å². The summed E-state index contributed by atoms with van der Waals surface area (Å²) < 4.78 is 0. The Bertz CT molecular complexity index is 442. The third kappa shape index (κ3) is 5.38. The number of carbonyl (C=O) groups is 1. The number of hydrogen-bond donors (Lipinski definition) is 1. The molecule has 2 rings (SSSR count). The highest BCUT2D eigenvalue weighted by Crippen LogP contribution is 2.23. The van der Waals surface area contributed by atoms with Crippen molar-refractivity contribution in [2.45, 2.75) is 57.7 Å². The Kier molecular flexibility index (Phi) is 6.86. The highest BCUT2D eigenvalue weighted by Gasteiger charge is 2.25. The summed E-state index contributed by atoms with van der Waals surface area (Å²) >= 11 is 1.68. The number of hydrogen-bond acceptors (Lipinski definition) is 4. The Balaban J connectivity index is 1.91. The maximum absolute atomic E-state index is 12.5. The van der Waals surface area contributed by atoms with Gasteiger partial charge in [0.05, 0.1) is 19.2 Å². The number of carbonyl (C=O) groups excluding carboxylic acids is 1. The Morgan fingerprint density at radius 3 is 2.73 bits per heavy atom. The standard InChI is InChI=1S/C17H28N2O2S/c1-14(20)11-19(15-7-4-3-5-8-15)13-17(21)18(2)12-16-9-6-10-22-16/h6,9-10,14-15,20H,3-5,7-8,11-13H2,1-2H3. The van der Waals surface area contributed by atoms with Crippen LogP contribution in [0.1, 0.15) is 43.9 Å². The molecule has 1 amide bonds. The van der Waals surface area contributed by atoms with Gasteiger partial charge in [-0.3, -0.25) is 9.69 Å². The average molecular weight is 324 g/mol. The topological polar surface area (TPSA) is 43.8 Å². The zero-order chi connectivity index (χ0) is 15.9. The van der Waals surface area contributed by atoms with Crippen LogP contribution in [0.25, 0.3) is 0 Å². The summed E-state index contributed by atoms with van der Waals surface area (Å²) in [6, 6.07) is 4.52. The summed E-state index contributed by atoms with van der Waals surface area (Å²) in [5.74, 6) is 0.139. The van der Waals surface area contributed by atoms with Crippen molar-refractivity contribution >= 4 is 17.2 Å². The largest absolute Gasteiger partial charge is 0.392 e. The molecule has 0 saturated heterocycles. The molecule has 0 aliphatic heterocycles. The number of aliphatic hydroxyl groups is 1. The van der Waals surface area contributed by atoms with E-state index in [2.05, 4.69) is 11.0 Å². The monoisotopic (exact) mass is 324 g/mol. The van der Waals surface area contributed by atoms with Crippen LogP contribution in [-0.2, 0) is 11.3 Å². The number of amides is 1. The molecule has 1 saturated carbocycles. The van der Waals surface area contributed by atoms with Crippen LogP contribution in [-0.4, -0.2) is 53.1 Å². The summed E-state index contributed by atoms with van der Waals surface area (Å²) in [5, 5.41) is 11.8.